The molecule has 1 heterocycles. The van der Waals surface area contributed by atoms with Crippen LogP contribution < -0.4 is 0 Å². The van der Waals surface area contributed by atoms with Gasteiger partial charge in [-0.15, -0.1) is 0 Å². The molecule has 0 fully saturated rings. The molecule has 0 N–H and O–H groups in total. The molecule has 0 saturated heterocycles. The molecule has 0 atom stereocenters. The van der Waals surface area contributed by atoms with Gasteiger partial charge in [-0.2, -0.15) is 0 Å². The fourth-order valence-corrected chi connectivity index (χ4v) is 1.24. The Bertz CT molecular complexity index is 309. The van der Waals surface area contributed by atoms with Crippen molar-refractivity contribution in [1.82, 2.24) is 10.1 Å². The van der Waals surface area contributed by atoms with Crippen LogP contribution >= 0.6 is 15.9 Å². The molecule has 0 aliphatic carbocycles. The molecule has 0 radical (unpaired) electrons. The Morgan fingerprint density at radius 3 is 2.79 bits per heavy atom. The summed E-state index contributed by atoms with van der Waals surface area (Å²) < 4.78 is 4.62. The Labute approximate surface area is 91.4 Å². The van der Waals surface area contributed by atoms with Crippen LogP contribution in [0.3, 0.4) is 0 Å². The fraction of sp³-hybridized carbons (Fsp3) is 0.556. The van der Waals surface area contributed by atoms with Gasteiger partial charge in [-0.1, -0.05) is 21.1 Å². The van der Waals surface area contributed by atoms with Crippen molar-refractivity contribution >= 4 is 21.8 Å². The van der Waals surface area contributed by atoms with Crippen LogP contribution in [0.25, 0.3) is 0 Å². The van der Waals surface area contributed by atoms with Gasteiger partial charge in [-0.3, -0.25) is 4.79 Å². The number of nitrogens with zero attached hydrogens (tertiary/aromatic N) is 2. The van der Waals surface area contributed by atoms with E-state index in [0.29, 0.717) is 11.0 Å². The van der Waals surface area contributed by atoms with E-state index in [2.05, 4.69) is 25.6 Å². The molecule has 0 aromatic carbocycles. The first-order chi connectivity index (χ1) is 6.49. The van der Waals surface area contributed by atoms with E-state index in [-0.39, 0.29) is 11.4 Å². The molecule has 0 saturated carbocycles. The van der Waals surface area contributed by atoms with Crippen LogP contribution in [-0.2, 0) is 0 Å². The second-order valence-electron chi connectivity index (χ2n) is 3.69. The minimum atomic E-state index is -0.240. The maximum Gasteiger partial charge on any atom is 0.276 e. The van der Waals surface area contributed by atoms with Gasteiger partial charge in [0.2, 0.25) is 0 Å². The lowest BCUT2D eigenvalue weighted by atomic mass is 10.1. The highest BCUT2D eigenvalue weighted by Crippen LogP contribution is 2.17. The first-order valence-electron chi connectivity index (χ1n) is 4.23. The molecular formula is C9H13BrN2O2. The number of hydrogen-bond donors (Lipinski definition) is 0. The number of hydrogen-bond acceptors (Lipinski definition) is 3. The summed E-state index contributed by atoms with van der Waals surface area (Å²) in [6, 6.07) is 1.56. The Balaban J connectivity index is 2.81. The van der Waals surface area contributed by atoms with Crippen molar-refractivity contribution in [2.75, 3.05) is 12.4 Å². The topological polar surface area (TPSA) is 46.3 Å². The highest BCUT2D eigenvalue weighted by molar-refractivity contribution is 9.09. The van der Waals surface area contributed by atoms with Crippen LogP contribution in [0.2, 0.25) is 0 Å². The van der Waals surface area contributed by atoms with Crippen LogP contribution in [0, 0.1) is 0 Å². The number of halogens is 1. The van der Waals surface area contributed by atoms with Gasteiger partial charge >= 0.3 is 0 Å². The summed E-state index contributed by atoms with van der Waals surface area (Å²) in [4.78, 5) is 13.4. The predicted molar refractivity (Wildman–Crippen MR) is 56.5 cm³/mol. The van der Waals surface area contributed by atoms with Crippen LogP contribution in [0.1, 0.15) is 24.3 Å². The summed E-state index contributed by atoms with van der Waals surface area (Å²) in [7, 11) is 1.75. The zero-order valence-corrected chi connectivity index (χ0v) is 10.0. The zero-order chi connectivity index (χ0) is 10.8. The van der Waals surface area contributed by atoms with Crippen LogP contribution in [0.4, 0.5) is 0 Å². The molecule has 0 bridgehead atoms. The molecule has 1 rings (SSSR count). The smallest absolute Gasteiger partial charge is 0.276 e. The highest BCUT2D eigenvalue weighted by Gasteiger charge is 2.28. The molecular weight excluding hydrogens is 248 g/mol. The van der Waals surface area contributed by atoms with E-state index in [1.54, 1.807) is 18.0 Å². The molecule has 1 amide bonds. The lowest BCUT2D eigenvalue weighted by Crippen LogP contribution is -2.46. The van der Waals surface area contributed by atoms with Gasteiger partial charge in [-0.25, -0.2) is 0 Å². The Morgan fingerprint density at radius 2 is 2.36 bits per heavy atom. The van der Waals surface area contributed by atoms with Crippen LogP contribution in [0.15, 0.2) is 16.9 Å². The van der Waals surface area contributed by atoms with Crippen molar-refractivity contribution in [3.05, 3.63) is 18.0 Å². The number of amides is 1. The molecule has 0 spiro atoms. The van der Waals surface area contributed by atoms with E-state index in [1.165, 1.54) is 6.26 Å². The van der Waals surface area contributed by atoms with Gasteiger partial charge in [0, 0.05) is 24.0 Å². The van der Waals surface area contributed by atoms with Crippen molar-refractivity contribution in [3.63, 3.8) is 0 Å². The molecule has 0 unspecified atom stereocenters. The van der Waals surface area contributed by atoms with Crippen LogP contribution in [0.5, 0.6) is 0 Å². The minimum absolute atomic E-state index is 0.136. The number of alkyl halides is 1. The highest BCUT2D eigenvalue weighted by atomic mass is 79.9. The molecule has 1 aromatic rings. The van der Waals surface area contributed by atoms with Gasteiger partial charge in [0.25, 0.3) is 5.91 Å². The van der Waals surface area contributed by atoms with Gasteiger partial charge in [-0.05, 0) is 13.8 Å². The third kappa shape index (κ3) is 2.15. The predicted octanol–water partition coefficient (Wildman–Crippen LogP) is 1.92. The molecule has 14 heavy (non-hydrogen) atoms. The fourth-order valence-electron chi connectivity index (χ4n) is 0.859. The van der Waals surface area contributed by atoms with Gasteiger partial charge in [0.15, 0.2) is 5.69 Å². The average Bonchev–Trinajstić information content (AvgIpc) is 2.68. The maximum atomic E-state index is 11.8. The van der Waals surface area contributed by atoms with E-state index >= 15 is 0 Å². The van der Waals surface area contributed by atoms with E-state index in [1.807, 2.05) is 13.8 Å². The summed E-state index contributed by atoms with van der Waals surface area (Å²) in [5.41, 5.74) is 0.0947. The van der Waals surface area contributed by atoms with Crippen molar-refractivity contribution in [2.24, 2.45) is 0 Å². The molecule has 1 aromatic heterocycles. The monoisotopic (exact) mass is 260 g/mol. The molecule has 78 valence electrons. The van der Waals surface area contributed by atoms with Gasteiger partial charge in [0.05, 0.1) is 0 Å². The number of carbonyl (C=O) groups excluding carboxylic acids is 1. The zero-order valence-electron chi connectivity index (χ0n) is 8.45. The lowest BCUT2D eigenvalue weighted by Gasteiger charge is -2.33. The van der Waals surface area contributed by atoms with Crippen molar-refractivity contribution in [3.8, 4) is 0 Å². The molecule has 0 aliphatic heterocycles. The van der Waals surface area contributed by atoms with E-state index in [0.717, 1.165) is 0 Å². The second kappa shape index (κ2) is 4.13. The Kier molecular flexibility index (Phi) is 3.31. The molecule has 0 aliphatic rings. The summed E-state index contributed by atoms with van der Waals surface area (Å²) in [6.45, 7) is 3.94. The molecule has 4 nitrogen and oxygen atoms in total. The number of carbonyl (C=O) groups is 1. The SMILES string of the molecule is CN(C(=O)c1ccon1)C(C)(C)CBr. The maximum absolute atomic E-state index is 11.8. The normalized spacial score (nSPS) is 11.4. The largest absolute Gasteiger partial charge is 0.364 e. The van der Waals surface area contributed by atoms with Crippen molar-refractivity contribution < 1.29 is 9.32 Å². The van der Waals surface area contributed by atoms with Gasteiger partial charge < -0.3 is 9.42 Å². The average molecular weight is 261 g/mol. The standard InChI is InChI=1S/C9H13BrN2O2/c1-9(2,6-10)12(3)8(13)7-4-5-14-11-7/h4-5H,6H2,1-3H3. The van der Waals surface area contributed by atoms with Gasteiger partial charge in [0.1, 0.15) is 6.26 Å². The Hall–Kier alpha value is -0.840. The second-order valence-corrected chi connectivity index (χ2v) is 4.26. The van der Waals surface area contributed by atoms with Crippen molar-refractivity contribution in [1.29, 1.82) is 0 Å². The first kappa shape index (κ1) is 11.2. The summed E-state index contributed by atoms with van der Waals surface area (Å²) >= 11 is 3.37. The molecule has 5 heteroatoms. The third-order valence-electron chi connectivity index (χ3n) is 2.20. The summed E-state index contributed by atoms with van der Waals surface area (Å²) in [5.74, 6) is -0.136. The van der Waals surface area contributed by atoms with E-state index in [9.17, 15) is 4.79 Å². The quantitative estimate of drug-likeness (QED) is 0.781. The van der Waals surface area contributed by atoms with Crippen LogP contribution in [-0.4, -0.2) is 33.9 Å². The van der Waals surface area contributed by atoms with E-state index in [4.69, 9.17) is 0 Å². The van der Waals surface area contributed by atoms with E-state index < -0.39 is 0 Å². The summed E-state index contributed by atoms with van der Waals surface area (Å²) in [6.07, 6.45) is 1.39. The summed E-state index contributed by atoms with van der Waals surface area (Å²) in [5, 5.41) is 4.31. The third-order valence-corrected chi connectivity index (χ3v) is 3.57. The lowest BCUT2D eigenvalue weighted by molar-refractivity contribution is 0.0653. The first-order valence-corrected chi connectivity index (χ1v) is 5.35. The number of rotatable bonds is 3. The number of aromatic nitrogens is 1. The minimum Gasteiger partial charge on any atom is -0.364 e. The van der Waals surface area contributed by atoms with Crippen molar-refractivity contribution in [2.45, 2.75) is 19.4 Å². The Morgan fingerprint density at radius 1 is 1.71 bits per heavy atom.